The molecule has 0 aromatic heterocycles. The number of likely N-dealkylation sites (tertiary alicyclic amines) is 1. The van der Waals surface area contributed by atoms with Gasteiger partial charge in [-0.05, 0) is 107 Å². The van der Waals surface area contributed by atoms with Crippen LogP contribution in [0.2, 0.25) is 0 Å². The summed E-state index contributed by atoms with van der Waals surface area (Å²) in [7, 11) is 0. The lowest BCUT2D eigenvalue weighted by atomic mass is 9.66. The second-order valence-electron chi connectivity index (χ2n) is 12.7. The number of amides is 1. The van der Waals surface area contributed by atoms with Gasteiger partial charge in [-0.2, -0.15) is 0 Å². The molecular weight excluding hydrogens is 498 g/mol. The van der Waals surface area contributed by atoms with Crippen molar-refractivity contribution >= 4 is 34.9 Å². The molecule has 10 atom stereocenters. The quantitative estimate of drug-likeness (QED) is 0.286. The van der Waals surface area contributed by atoms with Crippen molar-refractivity contribution in [2.75, 3.05) is 13.1 Å². The molecule has 36 heavy (non-hydrogen) atoms. The second kappa shape index (κ2) is 11.7. The van der Waals surface area contributed by atoms with Crippen LogP contribution in [0.5, 0.6) is 0 Å². The predicted molar refractivity (Wildman–Crippen MR) is 144 cm³/mol. The van der Waals surface area contributed by atoms with E-state index in [4.69, 9.17) is 28.6 Å². The standard InChI is InChI=1S/C28H45Cl2FN4O/c1-16-22(7-9-25(31)33-16)20-11-17(15-35-10-2-3-26(35)32)12-21(13-20)28(36)34-27(18-4-5-18)19-6-8-23(29)24(30)14-19/h16-25,27,32-33H,2-15H2,1H3,(H,34,36)/t16?,17?,19?,20?,21?,22?,23?,24?,25?,27-/m0/s1. The number of nitrogens with one attached hydrogen (secondary N) is 3. The van der Waals surface area contributed by atoms with Gasteiger partial charge in [-0.15, -0.1) is 23.2 Å². The summed E-state index contributed by atoms with van der Waals surface area (Å²) in [5.41, 5.74) is 0. The zero-order chi connectivity index (χ0) is 25.4. The molecule has 2 heterocycles. The molecule has 204 valence electrons. The highest BCUT2D eigenvalue weighted by atomic mass is 35.5. The summed E-state index contributed by atoms with van der Waals surface area (Å²) < 4.78 is 14.0. The first kappa shape index (κ1) is 27.0. The van der Waals surface area contributed by atoms with Crippen LogP contribution in [0.15, 0.2) is 0 Å². The van der Waals surface area contributed by atoms with Crippen LogP contribution in [0.1, 0.15) is 84.0 Å². The summed E-state index contributed by atoms with van der Waals surface area (Å²) in [5.74, 6) is 3.21. The fraction of sp³-hybridized carbons (Fsp3) is 0.929. The van der Waals surface area contributed by atoms with Crippen LogP contribution in [0.4, 0.5) is 4.39 Å². The number of piperidine rings is 1. The van der Waals surface area contributed by atoms with Gasteiger partial charge >= 0.3 is 0 Å². The van der Waals surface area contributed by atoms with Gasteiger partial charge in [0, 0.05) is 42.9 Å². The van der Waals surface area contributed by atoms with E-state index in [9.17, 15) is 9.18 Å². The Balaban J connectivity index is 1.27. The Labute approximate surface area is 226 Å². The minimum atomic E-state index is -0.909. The minimum Gasteiger partial charge on any atom is -0.360 e. The third-order valence-corrected chi connectivity index (χ3v) is 11.2. The van der Waals surface area contributed by atoms with Crippen molar-refractivity contribution in [3.8, 4) is 0 Å². The summed E-state index contributed by atoms with van der Waals surface area (Å²) in [4.78, 5) is 16.1. The smallest absolute Gasteiger partial charge is 0.223 e. The average molecular weight is 544 g/mol. The molecule has 8 heteroatoms. The van der Waals surface area contributed by atoms with E-state index in [0.717, 1.165) is 76.7 Å². The molecule has 0 aromatic carbocycles. The SMILES string of the molecule is CC1NC(F)CCC1C1CC(CN2CCCC2=N)CC(C(=O)N[C@@H](C2CC2)C2CCC(Cl)C(Cl)C2)C1. The molecular formula is C28H45Cl2FN4O. The van der Waals surface area contributed by atoms with E-state index >= 15 is 0 Å². The Kier molecular flexibility index (Phi) is 8.74. The first-order valence-corrected chi connectivity index (χ1v) is 15.5. The molecule has 2 saturated heterocycles. The van der Waals surface area contributed by atoms with Gasteiger partial charge in [0.05, 0.1) is 11.2 Å². The second-order valence-corrected chi connectivity index (χ2v) is 13.8. The number of rotatable bonds is 7. The monoisotopic (exact) mass is 542 g/mol. The van der Waals surface area contributed by atoms with Gasteiger partial charge in [-0.3, -0.25) is 15.5 Å². The fourth-order valence-electron chi connectivity index (χ4n) is 7.96. The minimum absolute atomic E-state index is 0.00162. The van der Waals surface area contributed by atoms with Crippen molar-refractivity contribution in [2.45, 2.75) is 113 Å². The normalized spacial score (nSPS) is 42.8. The topological polar surface area (TPSA) is 68.2 Å². The van der Waals surface area contributed by atoms with Crippen molar-refractivity contribution < 1.29 is 9.18 Å². The molecule has 0 radical (unpaired) electrons. The van der Waals surface area contributed by atoms with Crippen molar-refractivity contribution in [2.24, 2.45) is 35.5 Å². The predicted octanol–water partition coefficient (Wildman–Crippen LogP) is 5.69. The molecule has 0 bridgehead atoms. The van der Waals surface area contributed by atoms with E-state index in [1.54, 1.807) is 0 Å². The van der Waals surface area contributed by atoms with Gasteiger partial charge in [0.1, 0.15) is 0 Å². The number of hydrogen-bond acceptors (Lipinski definition) is 3. The van der Waals surface area contributed by atoms with Crippen LogP contribution in [0, 0.1) is 40.9 Å². The molecule has 5 nitrogen and oxygen atoms in total. The van der Waals surface area contributed by atoms with Crippen LogP contribution in [0.3, 0.4) is 0 Å². The van der Waals surface area contributed by atoms with Crippen molar-refractivity contribution in [1.29, 1.82) is 5.41 Å². The van der Waals surface area contributed by atoms with Crippen LogP contribution in [0.25, 0.3) is 0 Å². The Morgan fingerprint density at radius 1 is 1.08 bits per heavy atom. The van der Waals surface area contributed by atoms with Gasteiger partial charge in [-0.25, -0.2) is 4.39 Å². The number of nitrogens with zero attached hydrogens (tertiary/aromatic N) is 1. The molecule has 1 amide bonds. The maximum atomic E-state index is 14.0. The number of alkyl halides is 3. The maximum absolute atomic E-state index is 14.0. The van der Waals surface area contributed by atoms with E-state index in [1.165, 1.54) is 12.8 Å². The molecule has 9 unspecified atom stereocenters. The summed E-state index contributed by atoms with van der Waals surface area (Å²) >= 11 is 13.0. The van der Waals surface area contributed by atoms with Crippen LogP contribution < -0.4 is 10.6 Å². The van der Waals surface area contributed by atoms with Gasteiger partial charge < -0.3 is 10.2 Å². The average Bonchev–Trinajstić information content (AvgIpc) is 3.61. The van der Waals surface area contributed by atoms with Crippen LogP contribution >= 0.6 is 23.2 Å². The first-order chi connectivity index (χ1) is 17.3. The van der Waals surface area contributed by atoms with Crippen molar-refractivity contribution in [3.63, 3.8) is 0 Å². The molecule has 0 spiro atoms. The molecule has 5 fully saturated rings. The van der Waals surface area contributed by atoms with Crippen molar-refractivity contribution in [3.05, 3.63) is 0 Å². The summed E-state index contributed by atoms with van der Waals surface area (Å²) in [5, 5.41) is 15.0. The van der Waals surface area contributed by atoms with E-state index < -0.39 is 6.30 Å². The highest BCUT2D eigenvalue weighted by Crippen LogP contribution is 2.45. The number of hydrogen-bond donors (Lipinski definition) is 3. The lowest BCUT2D eigenvalue weighted by Gasteiger charge is -2.44. The molecule has 0 aromatic rings. The van der Waals surface area contributed by atoms with Crippen LogP contribution in [-0.4, -0.2) is 58.9 Å². The highest BCUT2D eigenvalue weighted by molar-refractivity contribution is 6.30. The Hall–Kier alpha value is -0.590. The number of halogens is 3. The van der Waals surface area contributed by atoms with Crippen LogP contribution in [-0.2, 0) is 4.79 Å². The van der Waals surface area contributed by atoms with E-state index in [0.29, 0.717) is 36.0 Å². The van der Waals surface area contributed by atoms with Gasteiger partial charge in [-0.1, -0.05) is 0 Å². The largest absolute Gasteiger partial charge is 0.360 e. The van der Waals surface area contributed by atoms with Gasteiger partial charge in [0.2, 0.25) is 5.91 Å². The van der Waals surface area contributed by atoms with Gasteiger partial charge in [0.15, 0.2) is 6.30 Å². The third kappa shape index (κ3) is 6.34. The van der Waals surface area contributed by atoms with E-state index in [2.05, 4.69) is 22.5 Å². The van der Waals surface area contributed by atoms with Crippen molar-refractivity contribution in [1.82, 2.24) is 15.5 Å². The molecule has 3 aliphatic carbocycles. The molecule has 3 N–H and O–H groups in total. The van der Waals surface area contributed by atoms with E-state index in [-0.39, 0.29) is 34.7 Å². The number of carbonyl (C=O) groups excluding carboxylic acids is 1. The molecule has 2 aliphatic heterocycles. The first-order valence-electron chi connectivity index (χ1n) is 14.6. The zero-order valence-electron chi connectivity index (χ0n) is 21.7. The molecule has 5 rings (SSSR count). The molecule has 3 saturated carbocycles. The number of amidine groups is 1. The lowest BCUT2D eigenvalue weighted by molar-refractivity contribution is -0.129. The summed E-state index contributed by atoms with van der Waals surface area (Å²) in [6, 6.07) is 0.355. The maximum Gasteiger partial charge on any atom is 0.223 e. The fourth-order valence-corrected chi connectivity index (χ4v) is 8.54. The Bertz CT molecular complexity index is 798. The Morgan fingerprint density at radius 2 is 1.86 bits per heavy atom. The third-order valence-electron chi connectivity index (χ3n) is 10.0. The lowest BCUT2D eigenvalue weighted by Crippen LogP contribution is -2.51. The highest BCUT2D eigenvalue weighted by Gasteiger charge is 2.44. The van der Waals surface area contributed by atoms with Gasteiger partial charge in [0.25, 0.3) is 0 Å². The molecule has 5 aliphatic rings. The summed E-state index contributed by atoms with van der Waals surface area (Å²) in [6.45, 7) is 3.97. The Morgan fingerprint density at radius 3 is 2.53 bits per heavy atom. The zero-order valence-corrected chi connectivity index (χ0v) is 23.3. The number of carbonyl (C=O) groups is 1. The summed E-state index contributed by atoms with van der Waals surface area (Å²) in [6.07, 6.45) is 10.6. The van der Waals surface area contributed by atoms with E-state index in [1.807, 2.05) is 0 Å².